The Morgan fingerprint density at radius 3 is 1.36 bits per heavy atom. The summed E-state index contributed by atoms with van der Waals surface area (Å²) in [6, 6.07) is 0. The predicted molar refractivity (Wildman–Crippen MR) is 95.2 cm³/mol. The zero-order valence-electron chi connectivity index (χ0n) is 15.6. The fraction of sp³-hybridized carbons (Fsp3) is 1.00. The van der Waals surface area contributed by atoms with Crippen molar-refractivity contribution >= 4 is 0 Å². The van der Waals surface area contributed by atoms with Crippen molar-refractivity contribution in [1.29, 1.82) is 0 Å². The van der Waals surface area contributed by atoms with E-state index in [4.69, 9.17) is 10.8 Å². The van der Waals surface area contributed by atoms with Crippen LogP contribution in [0.15, 0.2) is 0 Å². The van der Waals surface area contributed by atoms with E-state index in [-0.39, 0.29) is 12.2 Å². The largest absolute Gasteiger partial charge is 0.392 e. The summed E-state index contributed by atoms with van der Waals surface area (Å²) < 4.78 is 0. The van der Waals surface area contributed by atoms with Crippen molar-refractivity contribution in [2.24, 2.45) is 5.73 Å². The van der Waals surface area contributed by atoms with Crippen molar-refractivity contribution in [3.8, 4) is 0 Å². The number of aliphatic hydroxyl groups is 2. The van der Waals surface area contributed by atoms with Gasteiger partial charge in [-0.25, -0.2) is 0 Å². The zero-order chi connectivity index (χ0) is 17.5. The Hall–Kier alpha value is -0.240. The molecule has 0 heterocycles. The Bertz CT molecular complexity index is 210. The Kier molecular flexibility index (Phi) is 17.1. The molecule has 0 aromatic rings. The summed E-state index contributed by atoms with van der Waals surface area (Å²) in [6.45, 7) is 9.06. The third-order valence-corrected chi connectivity index (χ3v) is 3.02. The van der Waals surface area contributed by atoms with Gasteiger partial charge in [-0.3, -0.25) is 0 Å². The molecule has 0 amide bonds. The van der Waals surface area contributed by atoms with E-state index in [0.717, 1.165) is 32.7 Å². The van der Waals surface area contributed by atoms with E-state index in [1.165, 1.54) is 12.8 Å². The average molecular weight is 321 g/mol. The fourth-order valence-electron chi connectivity index (χ4n) is 1.89. The van der Waals surface area contributed by atoms with E-state index in [2.05, 4.69) is 42.9 Å². The SMILES string of the molecule is CC(O)CN.CC(O)CN(CCCN(C)C)CCCN(C)C. The minimum atomic E-state index is -0.338. The normalized spacial score (nSPS) is 14.2. The van der Waals surface area contributed by atoms with Crippen LogP contribution in [-0.2, 0) is 0 Å². The summed E-state index contributed by atoms with van der Waals surface area (Å²) in [5.74, 6) is 0. The molecule has 22 heavy (non-hydrogen) atoms. The Morgan fingerprint density at radius 2 is 1.14 bits per heavy atom. The van der Waals surface area contributed by atoms with Crippen LogP contribution in [0.25, 0.3) is 0 Å². The van der Waals surface area contributed by atoms with Gasteiger partial charge in [-0.1, -0.05) is 0 Å². The van der Waals surface area contributed by atoms with E-state index in [1.54, 1.807) is 6.92 Å². The topological polar surface area (TPSA) is 76.2 Å². The van der Waals surface area contributed by atoms with Crippen LogP contribution < -0.4 is 5.73 Å². The lowest BCUT2D eigenvalue weighted by Crippen LogP contribution is -2.35. The van der Waals surface area contributed by atoms with Crippen LogP contribution in [0, 0.1) is 0 Å². The summed E-state index contributed by atoms with van der Waals surface area (Å²) >= 11 is 0. The van der Waals surface area contributed by atoms with E-state index in [9.17, 15) is 5.11 Å². The lowest BCUT2D eigenvalue weighted by Gasteiger charge is -2.25. The molecule has 0 rings (SSSR count). The molecule has 0 fully saturated rings. The van der Waals surface area contributed by atoms with Gasteiger partial charge < -0.3 is 30.6 Å². The highest BCUT2D eigenvalue weighted by molar-refractivity contribution is 4.63. The first-order chi connectivity index (χ1) is 10.2. The number of rotatable bonds is 11. The van der Waals surface area contributed by atoms with Gasteiger partial charge in [-0.05, 0) is 81.1 Å². The van der Waals surface area contributed by atoms with Gasteiger partial charge in [0.05, 0.1) is 12.2 Å². The third-order valence-electron chi connectivity index (χ3n) is 3.02. The summed E-state index contributed by atoms with van der Waals surface area (Å²) in [6.07, 6.45) is 1.77. The molecule has 0 saturated heterocycles. The van der Waals surface area contributed by atoms with Gasteiger partial charge in [0, 0.05) is 13.1 Å². The van der Waals surface area contributed by atoms with Crippen LogP contribution in [0.5, 0.6) is 0 Å². The van der Waals surface area contributed by atoms with Crippen LogP contribution in [0.1, 0.15) is 26.7 Å². The Morgan fingerprint density at radius 1 is 0.773 bits per heavy atom. The van der Waals surface area contributed by atoms with E-state index in [1.807, 2.05) is 6.92 Å². The van der Waals surface area contributed by atoms with Crippen LogP contribution in [0.4, 0.5) is 0 Å². The maximum Gasteiger partial charge on any atom is 0.0639 e. The first kappa shape index (κ1) is 24.0. The fourth-order valence-corrected chi connectivity index (χ4v) is 1.89. The minimum Gasteiger partial charge on any atom is -0.392 e. The molecular weight excluding hydrogens is 280 g/mol. The molecule has 0 aromatic carbocycles. The molecule has 0 spiro atoms. The van der Waals surface area contributed by atoms with Crippen molar-refractivity contribution in [2.75, 3.05) is 67.5 Å². The summed E-state index contributed by atoms with van der Waals surface area (Å²) in [5, 5.41) is 17.7. The quantitative estimate of drug-likeness (QED) is 0.493. The van der Waals surface area contributed by atoms with Gasteiger partial charge in [-0.2, -0.15) is 0 Å². The molecule has 0 aliphatic heterocycles. The third kappa shape index (κ3) is 22.0. The number of hydrogen-bond donors (Lipinski definition) is 3. The van der Waals surface area contributed by atoms with Gasteiger partial charge in [0.25, 0.3) is 0 Å². The van der Waals surface area contributed by atoms with Gasteiger partial charge in [0.1, 0.15) is 0 Å². The van der Waals surface area contributed by atoms with E-state index in [0.29, 0.717) is 6.54 Å². The highest BCUT2D eigenvalue weighted by Gasteiger charge is 2.08. The van der Waals surface area contributed by atoms with Gasteiger partial charge >= 0.3 is 0 Å². The first-order valence-corrected chi connectivity index (χ1v) is 8.27. The highest BCUT2D eigenvalue weighted by Crippen LogP contribution is 1.98. The Balaban J connectivity index is 0. The molecule has 136 valence electrons. The second kappa shape index (κ2) is 15.6. The molecule has 2 unspecified atom stereocenters. The van der Waals surface area contributed by atoms with Gasteiger partial charge in [-0.15, -0.1) is 0 Å². The first-order valence-electron chi connectivity index (χ1n) is 8.27. The van der Waals surface area contributed by atoms with E-state index >= 15 is 0 Å². The van der Waals surface area contributed by atoms with Crippen LogP contribution in [0.3, 0.4) is 0 Å². The van der Waals surface area contributed by atoms with E-state index < -0.39 is 0 Å². The van der Waals surface area contributed by atoms with Crippen LogP contribution in [0.2, 0.25) is 0 Å². The monoisotopic (exact) mass is 320 g/mol. The molecule has 4 N–H and O–H groups in total. The number of nitrogens with zero attached hydrogens (tertiary/aromatic N) is 3. The van der Waals surface area contributed by atoms with Crippen molar-refractivity contribution in [3.63, 3.8) is 0 Å². The van der Waals surface area contributed by atoms with Crippen molar-refractivity contribution in [2.45, 2.75) is 38.9 Å². The van der Waals surface area contributed by atoms with Crippen molar-refractivity contribution in [1.82, 2.24) is 14.7 Å². The highest BCUT2D eigenvalue weighted by atomic mass is 16.3. The lowest BCUT2D eigenvalue weighted by atomic mass is 10.2. The van der Waals surface area contributed by atoms with Crippen LogP contribution >= 0.6 is 0 Å². The summed E-state index contributed by atoms with van der Waals surface area (Å²) in [4.78, 5) is 6.79. The molecule has 2 atom stereocenters. The van der Waals surface area contributed by atoms with Crippen molar-refractivity contribution < 1.29 is 10.2 Å². The predicted octanol–water partition coefficient (Wildman–Crippen LogP) is -0.101. The molecule has 6 heteroatoms. The molecule has 0 aliphatic rings. The zero-order valence-corrected chi connectivity index (χ0v) is 15.6. The molecule has 0 radical (unpaired) electrons. The number of aliphatic hydroxyl groups excluding tert-OH is 2. The molecule has 0 bridgehead atoms. The molecule has 6 nitrogen and oxygen atoms in total. The minimum absolute atomic E-state index is 0.228. The second-order valence-electron chi connectivity index (χ2n) is 6.55. The Labute approximate surface area is 137 Å². The van der Waals surface area contributed by atoms with Gasteiger partial charge in [0.15, 0.2) is 0 Å². The number of nitrogens with two attached hydrogens (primary N) is 1. The number of hydrogen-bond acceptors (Lipinski definition) is 6. The smallest absolute Gasteiger partial charge is 0.0639 e. The van der Waals surface area contributed by atoms with Gasteiger partial charge in [0.2, 0.25) is 0 Å². The standard InChI is InChI=1S/C13H31N3O.C3H9NO/c1-13(17)12-16(10-6-8-14(2)3)11-7-9-15(4)5;1-3(5)2-4/h13,17H,6-12H2,1-5H3;3,5H,2,4H2,1H3. The van der Waals surface area contributed by atoms with Crippen molar-refractivity contribution in [3.05, 3.63) is 0 Å². The maximum atomic E-state index is 9.48. The molecule has 0 saturated carbocycles. The average Bonchev–Trinajstić information content (AvgIpc) is 2.37. The molecule has 0 aliphatic carbocycles. The summed E-state index contributed by atoms with van der Waals surface area (Å²) in [5.41, 5.74) is 4.92. The molecule has 0 aromatic heterocycles. The van der Waals surface area contributed by atoms with Crippen LogP contribution in [-0.4, -0.2) is 105 Å². The lowest BCUT2D eigenvalue weighted by molar-refractivity contribution is 0.121. The maximum absolute atomic E-state index is 9.48. The second-order valence-corrected chi connectivity index (χ2v) is 6.55. The molecular formula is C16H40N4O2. The summed E-state index contributed by atoms with van der Waals surface area (Å²) in [7, 11) is 8.41.